The molecule has 0 bridgehead atoms. The number of piperidine rings is 1. The van der Waals surface area contributed by atoms with Crippen molar-refractivity contribution in [1.29, 1.82) is 0 Å². The summed E-state index contributed by atoms with van der Waals surface area (Å²) in [5, 5.41) is 0. The fourth-order valence-corrected chi connectivity index (χ4v) is 5.21. The lowest BCUT2D eigenvalue weighted by molar-refractivity contribution is -0.156. The highest BCUT2D eigenvalue weighted by Crippen LogP contribution is 2.55. The van der Waals surface area contributed by atoms with E-state index in [1.54, 1.807) is 0 Å². The first-order chi connectivity index (χ1) is 13.8. The van der Waals surface area contributed by atoms with Gasteiger partial charge in [0.2, 0.25) is 0 Å². The van der Waals surface area contributed by atoms with Crippen LogP contribution in [0.1, 0.15) is 57.1 Å². The number of carbonyl (C=O) groups excluding carboxylic acids is 1. The van der Waals surface area contributed by atoms with Crippen LogP contribution in [-0.2, 0) is 16.0 Å². The SMILES string of the molecule is CC(C)(C)OC(=O)C[C@@H]1c2ccccc2CC12CCN(c1ccc(=S)[nH]c1)CC2. The summed E-state index contributed by atoms with van der Waals surface area (Å²) in [5.41, 5.74) is 3.62. The quantitative estimate of drug-likeness (QED) is 0.543. The number of nitrogens with one attached hydrogen (secondary N) is 1. The molecule has 154 valence electrons. The van der Waals surface area contributed by atoms with Crippen molar-refractivity contribution >= 4 is 23.9 Å². The first kappa shape index (κ1) is 20.1. The molecule has 0 radical (unpaired) electrons. The van der Waals surface area contributed by atoms with Gasteiger partial charge in [-0.25, -0.2) is 0 Å². The second-order valence-electron chi connectivity index (χ2n) is 9.48. The van der Waals surface area contributed by atoms with E-state index in [2.05, 4.69) is 40.2 Å². The molecule has 1 saturated heterocycles. The number of aromatic amines is 1. The summed E-state index contributed by atoms with van der Waals surface area (Å²) in [6.45, 7) is 7.79. The van der Waals surface area contributed by atoms with Crippen molar-refractivity contribution < 1.29 is 9.53 Å². The van der Waals surface area contributed by atoms with E-state index in [0.29, 0.717) is 6.42 Å². The van der Waals surface area contributed by atoms with Crippen LogP contribution in [-0.4, -0.2) is 29.6 Å². The summed E-state index contributed by atoms with van der Waals surface area (Å²) in [5.74, 6) is 0.147. The molecular weight excluding hydrogens is 380 g/mol. The predicted molar refractivity (Wildman–Crippen MR) is 119 cm³/mol. The number of hydrogen-bond donors (Lipinski definition) is 1. The Kier molecular flexibility index (Phi) is 5.28. The molecule has 1 aromatic heterocycles. The van der Waals surface area contributed by atoms with E-state index in [9.17, 15) is 4.79 Å². The Morgan fingerprint density at radius 1 is 1.21 bits per heavy atom. The van der Waals surface area contributed by atoms with Crippen LogP contribution >= 0.6 is 12.2 Å². The molecule has 1 aromatic carbocycles. The Balaban J connectivity index is 1.54. The Morgan fingerprint density at radius 3 is 2.59 bits per heavy atom. The van der Waals surface area contributed by atoms with Gasteiger partial charge in [0.15, 0.2) is 0 Å². The number of rotatable bonds is 3. The standard InChI is InChI=1S/C24H30N2O2S/c1-23(2,3)28-22(27)14-20-19-7-5-4-6-17(19)15-24(20)10-12-26(13-11-24)18-8-9-21(29)25-16-18/h4-9,16,20H,10-15H2,1-3H3,(H,25,29)/t20-/m1/s1. The topological polar surface area (TPSA) is 45.3 Å². The van der Waals surface area contributed by atoms with E-state index >= 15 is 0 Å². The fourth-order valence-electron chi connectivity index (χ4n) is 5.08. The van der Waals surface area contributed by atoms with Crippen molar-refractivity contribution in [3.8, 4) is 0 Å². The maximum Gasteiger partial charge on any atom is 0.306 e. The molecule has 2 heterocycles. The van der Waals surface area contributed by atoms with Gasteiger partial charge in [-0.2, -0.15) is 0 Å². The normalized spacial score (nSPS) is 20.5. The molecule has 29 heavy (non-hydrogen) atoms. The third-order valence-corrected chi connectivity index (χ3v) is 6.65. The van der Waals surface area contributed by atoms with Gasteiger partial charge in [0.1, 0.15) is 10.2 Å². The Bertz CT molecular complexity index is 931. The van der Waals surface area contributed by atoms with Gasteiger partial charge >= 0.3 is 5.97 Å². The zero-order valence-corrected chi connectivity index (χ0v) is 18.3. The summed E-state index contributed by atoms with van der Waals surface area (Å²) in [6, 6.07) is 12.7. The number of esters is 1. The number of aromatic nitrogens is 1. The van der Waals surface area contributed by atoms with E-state index in [-0.39, 0.29) is 17.3 Å². The lowest BCUT2D eigenvalue weighted by Crippen LogP contribution is -2.43. The van der Waals surface area contributed by atoms with Gasteiger partial charge in [0.05, 0.1) is 12.1 Å². The largest absolute Gasteiger partial charge is 0.460 e. The number of benzene rings is 1. The number of anilines is 1. The first-order valence-corrected chi connectivity index (χ1v) is 10.9. The molecular formula is C24H30N2O2S. The number of nitrogens with zero attached hydrogens (tertiary/aromatic N) is 1. The Morgan fingerprint density at radius 2 is 1.93 bits per heavy atom. The van der Waals surface area contributed by atoms with Crippen LogP contribution in [0, 0.1) is 10.1 Å². The average molecular weight is 411 g/mol. The Hall–Kier alpha value is -2.14. The van der Waals surface area contributed by atoms with Gasteiger partial charge in [0, 0.05) is 25.2 Å². The van der Waals surface area contributed by atoms with Gasteiger partial charge in [-0.15, -0.1) is 0 Å². The average Bonchev–Trinajstić information content (AvgIpc) is 2.95. The second kappa shape index (κ2) is 7.60. The number of ether oxygens (including phenoxy) is 1. The molecule has 1 N–H and O–H groups in total. The molecule has 0 saturated carbocycles. The Labute approximate surface area is 178 Å². The van der Waals surface area contributed by atoms with E-state index in [4.69, 9.17) is 17.0 Å². The maximum atomic E-state index is 12.7. The van der Waals surface area contributed by atoms with E-state index in [1.165, 1.54) is 16.8 Å². The highest BCUT2D eigenvalue weighted by atomic mass is 32.1. The summed E-state index contributed by atoms with van der Waals surface area (Å²) >= 11 is 5.17. The van der Waals surface area contributed by atoms with E-state index in [0.717, 1.165) is 37.0 Å². The number of H-pyrrole nitrogens is 1. The molecule has 2 aromatic rings. The first-order valence-electron chi connectivity index (χ1n) is 10.5. The van der Waals surface area contributed by atoms with Crippen LogP contribution < -0.4 is 4.90 Å². The molecule has 2 aliphatic rings. The molecule has 1 fully saturated rings. The van der Waals surface area contributed by atoms with Gasteiger partial charge < -0.3 is 14.6 Å². The smallest absolute Gasteiger partial charge is 0.306 e. The highest BCUT2D eigenvalue weighted by molar-refractivity contribution is 7.71. The third kappa shape index (κ3) is 4.25. The summed E-state index contributed by atoms with van der Waals surface area (Å²) in [6.07, 6.45) is 5.67. The molecule has 0 amide bonds. The van der Waals surface area contributed by atoms with Crippen molar-refractivity contribution in [2.45, 2.75) is 58.0 Å². The molecule has 1 aliphatic carbocycles. The van der Waals surface area contributed by atoms with Gasteiger partial charge in [-0.05, 0) is 68.7 Å². The van der Waals surface area contributed by atoms with Crippen LogP contribution in [0.2, 0.25) is 0 Å². The number of carbonyl (C=O) groups is 1. The fraction of sp³-hybridized carbons (Fsp3) is 0.500. The highest BCUT2D eigenvalue weighted by Gasteiger charge is 2.48. The maximum absolute atomic E-state index is 12.7. The van der Waals surface area contributed by atoms with Crippen molar-refractivity contribution in [3.63, 3.8) is 0 Å². The van der Waals surface area contributed by atoms with Crippen molar-refractivity contribution in [1.82, 2.24) is 4.98 Å². The van der Waals surface area contributed by atoms with Gasteiger partial charge in [-0.3, -0.25) is 4.79 Å². The number of fused-ring (bicyclic) bond motifs is 1. The lowest BCUT2D eigenvalue weighted by Gasteiger charge is -2.44. The lowest BCUT2D eigenvalue weighted by atomic mass is 9.68. The van der Waals surface area contributed by atoms with Crippen molar-refractivity contribution in [2.24, 2.45) is 5.41 Å². The number of hydrogen-bond acceptors (Lipinski definition) is 4. The predicted octanol–water partition coefficient (Wildman–Crippen LogP) is 5.40. The molecule has 0 unspecified atom stereocenters. The monoisotopic (exact) mass is 410 g/mol. The zero-order chi connectivity index (χ0) is 20.6. The summed E-state index contributed by atoms with van der Waals surface area (Å²) in [4.78, 5) is 18.3. The zero-order valence-electron chi connectivity index (χ0n) is 17.5. The third-order valence-electron chi connectivity index (χ3n) is 6.40. The molecule has 4 rings (SSSR count). The van der Waals surface area contributed by atoms with Crippen LogP contribution in [0.15, 0.2) is 42.6 Å². The van der Waals surface area contributed by atoms with Crippen molar-refractivity contribution in [3.05, 3.63) is 58.4 Å². The number of pyridine rings is 1. The molecule has 1 spiro atoms. The summed E-state index contributed by atoms with van der Waals surface area (Å²) in [7, 11) is 0. The van der Waals surface area contributed by atoms with Crippen molar-refractivity contribution in [2.75, 3.05) is 18.0 Å². The molecule has 5 heteroatoms. The van der Waals surface area contributed by atoms with Gasteiger partial charge in [0.25, 0.3) is 0 Å². The van der Waals surface area contributed by atoms with Crippen LogP contribution in [0.3, 0.4) is 0 Å². The molecule has 4 nitrogen and oxygen atoms in total. The minimum absolute atomic E-state index is 0.0864. The summed E-state index contributed by atoms with van der Waals surface area (Å²) < 4.78 is 6.44. The molecule has 1 aliphatic heterocycles. The van der Waals surface area contributed by atoms with E-state index in [1.807, 2.05) is 33.0 Å². The van der Waals surface area contributed by atoms with Gasteiger partial charge in [-0.1, -0.05) is 36.5 Å². The minimum Gasteiger partial charge on any atom is -0.460 e. The van der Waals surface area contributed by atoms with Crippen LogP contribution in [0.5, 0.6) is 0 Å². The van der Waals surface area contributed by atoms with Crippen LogP contribution in [0.25, 0.3) is 0 Å². The second-order valence-corrected chi connectivity index (χ2v) is 9.92. The minimum atomic E-state index is -0.445. The van der Waals surface area contributed by atoms with E-state index < -0.39 is 5.60 Å². The van der Waals surface area contributed by atoms with Crippen LogP contribution in [0.4, 0.5) is 5.69 Å². The molecule has 1 atom stereocenters.